The molecule has 0 aliphatic carbocycles. The van der Waals surface area contributed by atoms with E-state index in [1.54, 1.807) is 38.5 Å². The number of rotatable bonds is 3. The largest absolute Gasteiger partial charge is 0.372 e. The van der Waals surface area contributed by atoms with Crippen molar-refractivity contribution in [1.82, 2.24) is 4.98 Å². The van der Waals surface area contributed by atoms with Gasteiger partial charge < -0.3 is 10.2 Å². The van der Waals surface area contributed by atoms with E-state index in [1.165, 1.54) is 17.0 Å². The van der Waals surface area contributed by atoms with E-state index >= 15 is 0 Å². The molecule has 1 aromatic heterocycles. The highest BCUT2D eigenvalue weighted by Crippen LogP contribution is 2.22. The molecule has 20 heavy (non-hydrogen) atoms. The predicted octanol–water partition coefficient (Wildman–Crippen LogP) is 3.30. The van der Waals surface area contributed by atoms with Crippen molar-refractivity contribution in [2.24, 2.45) is 0 Å². The Bertz CT molecular complexity index is 648. The fraction of sp³-hybridized carbons (Fsp3) is 0.143. The van der Waals surface area contributed by atoms with Crippen LogP contribution in [0.1, 0.15) is 10.4 Å². The lowest BCUT2D eigenvalue weighted by Crippen LogP contribution is -2.27. The molecule has 1 heterocycles. The third-order valence-electron chi connectivity index (χ3n) is 2.82. The summed E-state index contributed by atoms with van der Waals surface area (Å²) >= 11 is 3.29. The lowest BCUT2D eigenvalue weighted by Gasteiger charge is -2.19. The lowest BCUT2D eigenvalue weighted by molar-refractivity contribution is 0.0993. The topological polar surface area (TPSA) is 45.2 Å². The summed E-state index contributed by atoms with van der Waals surface area (Å²) in [4.78, 5) is 18.0. The highest BCUT2D eigenvalue weighted by molar-refractivity contribution is 9.10. The third-order valence-corrected chi connectivity index (χ3v) is 3.26. The van der Waals surface area contributed by atoms with Crippen molar-refractivity contribution in [3.63, 3.8) is 0 Å². The first kappa shape index (κ1) is 14.5. The third kappa shape index (κ3) is 2.96. The second-order valence-electron chi connectivity index (χ2n) is 4.14. The highest BCUT2D eigenvalue weighted by atomic mass is 79.9. The van der Waals surface area contributed by atoms with Crippen LogP contribution in [0.3, 0.4) is 0 Å². The second-order valence-corrected chi connectivity index (χ2v) is 5.06. The van der Waals surface area contributed by atoms with E-state index in [-0.39, 0.29) is 11.7 Å². The minimum absolute atomic E-state index is 0.270. The summed E-state index contributed by atoms with van der Waals surface area (Å²) in [6.45, 7) is 0. The van der Waals surface area contributed by atoms with Gasteiger partial charge in [-0.2, -0.15) is 0 Å². The smallest absolute Gasteiger partial charge is 0.261 e. The summed E-state index contributed by atoms with van der Waals surface area (Å²) in [5, 5.41) is 2.87. The maximum atomic E-state index is 13.2. The molecule has 0 atom stereocenters. The predicted molar refractivity (Wildman–Crippen MR) is 80.6 cm³/mol. The fourth-order valence-corrected chi connectivity index (χ4v) is 2.12. The number of nitrogens with one attached hydrogen (secondary N) is 1. The molecule has 2 rings (SSSR count). The van der Waals surface area contributed by atoms with Gasteiger partial charge >= 0.3 is 0 Å². The molecule has 6 heteroatoms. The molecule has 1 amide bonds. The van der Waals surface area contributed by atoms with E-state index in [0.717, 1.165) is 0 Å². The van der Waals surface area contributed by atoms with Gasteiger partial charge in [0.2, 0.25) is 0 Å². The first-order valence-electron chi connectivity index (χ1n) is 5.90. The summed E-state index contributed by atoms with van der Waals surface area (Å²) in [7, 11) is 3.28. The van der Waals surface area contributed by atoms with Gasteiger partial charge in [0.1, 0.15) is 11.6 Å². The number of benzene rings is 1. The Morgan fingerprint density at radius 2 is 2.15 bits per heavy atom. The monoisotopic (exact) mass is 337 g/mol. The van der Waals surface area contributed by atoms with Crippen LogP contribution in [-0.2, 0) is 0 Å². The molecule has 0 saturated carbocycles. The van der Waals surface area contributed by atoms with Crippen LogP contribution in [0.2, 0.25) is 0 Å². The maximum absolute atomic E-state index is 13.2. The van der Waals surface area contributed by atoms with E-state index in [9.17, 15) is 9.18 Å². The van der Waals surface area contributed by atoms with Crippen molar-refractivity contribution in [2.75, 3.05) is 24.3 Å². The minimum Gasteiger partial charge on any atom is -0.372 e. The van der Waals surface area contributed by atoms with Crippen molar-refractivity contribution in [3.8, 4) is 0 Å². The van der Waals surface area contributed by atoms with Crippen molar-refractivity contribution in [1.29, 1.82) is 0 Å². The Morgan fingerprint density at radius 1 is 1.40 bits per heavy atom. The van der Waals surface area contributed by atoms with Gasteiger partial charge in [-0.15, -0.1) is 0 Å². The number of carbonyl (C=O) groups excluding carboxylic acids is 1. The van der Waals surface area contributed by atoms with Crippen LogP contribution in [-0.4, -0.2) is 25.0 Å². The number of hydrogen-bond donors (Lipinski definition) is 1. The number of pyridine rings is 1. The van der Waals surface area contributed by atoms with Gasteiger partial charge in [0, 0.05) is 30.5 Å². The number of hydrogen-bond acceptors (Lipinski definition) is 3. The van der Waals surface area contributed by atoms with Crippen LogP contribution >= 0.6 is 15.9 Å². The Hall–Kier alpha value is -1.95. The summed E-state index contributed by atoms with van der Waals surface area (Å²) in [6, 6.07) is 7.55. The van der Waals surface area contributed by atoms with Crippen molar-refractivity contribution in [3.05, 3.63) is 52.4 Å². The van der Waals surface area contributed by atoms with E-state index < -0.39 is 0 Å². The van der Waals surface area contributed by atoms with Gasteiger partial charge in [-0.3, -0.25) is 4.79 Å². The number of amides is 1. The molecule has 4 nitrogen and oxygen atoms in total. The Morgan fingerprint density at radius 3 is 2.80 bits per heavy atom. The van der Waals surface area contributed by atoms with Crippen LogP contribution in [0.5, 0.6) is 0 Å². The molecule has 2 aromatic rings. The van der Waals surface area contributed by atoms with Crippen LogP contribution in [0.4, 0.5) is 15.9 Å². The van der Waals surface area contributed by atoms with Gasteiger partial charge in [-0.1, -0.05) is 6.07 Å². The molecule has 0 bridgehead atoms. The molecule has 0 aliphatic rings. The fourth-order valence-electron chi connectivity index (χ4n) is 1.78. The van der Waals surface area contributed by atoms with Gasteiger partial charge in [-0.25, -0.2) is 9.37 Å². The Labute approximate surface area is 124 Å². The summed E-state index contributed by atoms with van der Waals surface area (Å²) < 4.78 is 13.9. The number of carbonyl (C=O) groups is 1. The zero-order valence-electron chi connectivity index (χ0n) is 11.0. The molecule has 1 aromatic carbocycles. The Kier molecular flexibility index (Phi) is 4.34. The molecule has 0 spiro atoms. The van der Waals surface area contributed by atoms with Gasteiger partial charge in [0.05, 0.1) is 5.56 Å². The summed E-state index contributed by atoms with van der Waals surface area (Å²) in [5.41, 5.74) is 0.894. The molecule has 0 unspecified atom stereocenters. The van der Waals surface area contributed by atoms with Crippen molar-refractivity contribution in [2.45, 2.75) is 0 Å². The number of aromatic nitrogens is 1. The number of nitrogens with zero attached hydrogens (tertiary/aromatic N) is 2. The first-order chi connectivity index (χ1) is 9.52. The molecular weight excluding hydrogens is 325 g/mol. The van der Waals surface area contributed by atoms with E-state index in [1.807, 2.05) is 0 Å². The van der Waals surface area contributed by atoms with Crippen molar-refractivity contribution < 1.29 is 9.18 Å². The molecular formula is C14H13BrFN3O. The summed E-state index contributed by atoms with van der Waals surface area (Å²) in [5.74, 6) is -0.182. The van der Waals surface area contributed by atoms with E-state index in [2.05, 4.69) is 26.2 Å². The molecule has 0 fully saturated rings. The summed E-state index contributed by atoms with van der Waals surface area (Å²) in [6.07, 6.45) is 1.60. The van der Waals surface area contributed by atoms with Gasteiger partial charge in [-0.05, 0) is 40.2 Å². The average molecular weight is 338 g/mol. The molecule has 0 aliphatic heterocycles. The zero-order valence-corrected chi connectivity index (χ0v) is 12.6. The van der Waals surface area contributed by atoms with Crippen LogP contribution < -0.4 is 10.2 Å². The zero-order chi connectivity index (χ0) is 14.7. The molecule has 0 radical (unpaired) electrons. The first-order valence-corrected chi connectivity index (χ1v) is 6.69. The van der Waals surface area contributed by atoms with Gasteiger partial charge in [0.25, 0.3) is 5.91 Å². The molecule has 0 saturated heterocycles. The SMILES string of the molecule is CNc1ncc(Br)cc1C(=O)N(C)c1cccc(F)c1. The minimum atomic E-state index is -0.386. The van der Waals surface area contributed by atoms with E-state index in [4.69, 9.17) is 0 Å². The van der Waals surface area contributed by atoms with Crippen LogP contribution in [0.25, 0.3) is 0 Å². The molecule has 1 N–H and O–H groups in total. The normalized spacial score (nSPS) is 10.2. The maximum Gasteiger partial charge on any atom is 0.261 e. The Balaban J connectivity index is 2.38. The van der Waals surface area contributed by atoms with E-state index in [0.29, 0.717) is 21.5 Å². The van der Waals surface area contributed by atoms with Gasteiger partial charge in [0.15, 0.2) is 0 Å². The number of anilines is 2. The average Bonchev–Trinajstić information content (AvgIpc) is 2.45. The lowest BCUT2D eigenvalue weighted by atomic mass is 10.2. The standard InChI is InChI=1S/C14H13BrFN3O/c1-17-13-12(6-9(15)8-18-13)14(20)19(2)11-5-3-4-10(16)7-11/h3-8H,1-2H3,(H,17,18). The van der Waals surface area contributed by atoms with Crippen LogP contribution in [0.15, 0.2) is 41.0 Å². The highest BCUT2D eigenvalue weighted by Gasteiger charge is 2.18. The van der Waals surface area contributed by atoms with Crippen LogP contribution in [0, 0.1) is 5.82 Å². The second kappa shape index (κ2) is 6.00. The molecule has 104 valence electrons. The number of halogens is 2. The van der Waals surface area contributed by atoms with Crippen molar-refractivity contribution >= 4 is 33.3 Å². The quantitative estimate of drug-likeness (QED) is 0.934.